The lowest BCUT2D eigenvalue weighted by molar-refractivity contribution is 0.524. The molecule has 0 unspecified atom stereocenters. The van der Waals surface area contributed by atoms with Gasteiger partial charge in [0.25, 0.3) is 0 Å². The highest BCUT2D eigenvalue weighted by atomic mass is 19.1. The molecule has 1 fully saturated rings. The zero-order chi connectivity index (χ0) is 13.2. The van der Waals surface area contributed by atoms with E-state index in [4.69, 9.17) is 0 Å². The van der Waals surface area contributed by atoms with Gasteiger partial charge in [0.1, 0.15) is 5.82 Å². The van der Waals surface area contributed by atoms with Gasteiger partial charge in [0, 0.05) is 24.1 Å². The highest BCUT2D eigenvalue weighted by molar-refractivity contribution is 5.58. The molecule has 1 saturated carbocycles. The fourth-order valence-corrected chi connectivity index (χ4v) is 2.74. The van der Waals surface area contributed by atoms with Gasteiger partial charge in [-0.25, -0.2) is 9.37 Å². The van der Waals surface area contributed by atoms with Crippen LogP contribution < -0.4 is 5.32 Å². The standard InChI is InChI=1S/C15H18FN3/c1-11-6-7-12(16)10-14(11)18-15-17-8-9-19(15)13-4-2-3-5-13/h6-10,13H,2-5H2,1H3,(H,17,18). The maximum Gasteiger partial charge on any atom is 0.207 e. The van der Waals surface area contributed by atoms with Gasteiger partial charge in [-0.3, -0.25) is 0 Å². The van der Waals surface area contributed by atoms with Crippen molar-refractivity contribution in [3.8, 4) is 0 Å². The minimum absolute atomic E-state index is 0.230. The molecule has 2 aromatic rings. The van der Waals surface area contributed by atoms with E-state index in [2.05, 4.69) is 14.9 Å². The van der Waals surface area contributed by atoms with Crippen LogP contribution in [0.15, 0.2) is 30.6 Å². The van der Waals surface area contributed by atoms with Gasteiger partial charge >= 0.3 is 0 Å². The molecule has 1 aliphatic rings. The molecule has 0 atom stereocenters. The third-order valence-electron chi connectivity index (χ3n) is 3.83. The minimum Gasteiger partial charge on any atom is -0.325 e. The van der Waals surface area contributed by atoms with Gasteiger partial charge in [0.15, 0.2) is 0 Å². The van der Waals surface area contributed by atoms with Crippen molar-refractivity contribution in [2.75, 3.05) is 5.32 Å². The van der Waals surface area contributed by atoms with Crippen molar-refractivity contribution in [1.29, 1.82) is 0 Å². The van der Waals surface area contributed by atoms with E-state index in [-0.39, 0.29) is 5.82 Å². The number of halogens is 1. The van der Waals surface area contributed by atoms with Gasteiger partial charge in [-0.05, 0) is 37.5 Å². The fraction of sp³-hybridized carbons (Fsp3) is 0.400. The first-order valence-corrected chi connectivity index (χ1v) is 6.80. The second kappa shape index (κ2) is 5.03. The summed E-state index contributed by atoms with van der Waals surface area (Å²) in [5.74, 6) is 0.577. The van der Waals surface area contributed by atoms with Crippen molar-refractivity contribution in [3.63, 3.8) is 0 Å². The minimum atomic E-state index is -0.230. The van der Waals surface area contributed by atoms with E-state index in [1.165, 1.54) is 37.8 Å². The van der Waals surface area contributed by atoms with E-state index in [9.17, 15) is 4.39 Å². The summed E-state index contributed by atoms with van der Waals surface area (Å²) in [5.41, 5.74) is 1.80. The van der Waals surface area contributed by atoms with E-state index in [1.54, 1.807) is 12.3 Å². The Labute approximate surface area is 112 Å². The highest BCUT2D eigenvalue weighted by Gasteiger charge is 2.19. The number of benzene rings is 1. The lowest BCUT2D eigenvalue weighted by Gasteiger charge is -2.16. The Morgan fingerprint density at radius 1 is 1.32 bits per heavy atom. The normalized spacial score (nSPS) is 15.9. The Kier molecular flexibility index (Phi) is 3.23. The zero-order valence-corrected chi connectivity index (χ0v) is 11.1. The summed E-state index contributed by atoms with van der Waals surface area (Å²) < 4.78 is 15.5. The molecule has 1 heterocycles. The van der Waals surface area contributed by atoms with E-state index >= 15 is 0 Å². The maximum absolute atomic E-state index is 13.3. The first-order chi connectivity index (χ1) is 9.24. The Balaban J connectivity index is 1.87. The molecule has 0 aliphatic heterocycles. The molecule has 4 heteroatoms. The maximum atomic E-state index is 13.3. The molecule has 0 radical (unpaired) electrons. The quantitative estimate of drug-likeness (QED) is 0.895. The number of anilines is 2. The van der Waals surface area contributed by atoms with Crippen molar-refractivity contribution < 1.29 is 4.39 Å². The summed E-state index contributed by atoms with van der Waals surface area (Å²) in [6.07, 6.45) is 8.77. The third-order valence-corrected chi connectivity index (χ3v) is 3.83. The number of nitrogens with zero attached hydrogens (tertiary/aromatic N) is 2. The van der Waals surface area contributed by atoms with Crippen LogP contribution in [0, 0.1) is 12.7 Å². The van der Waals surface area contributed by atoms with Crippen LogP contribution in [0.1, 0.15) is 37.3 Å². The average molecular weight is 259 g/mol. The predicted molar refractivity (Wildman–Crippen MR) is 74.2 cm³/mol. The molecule has 0 spiro atoms. The molecule has 3 rings (SSSR count). The largest absolute Gasteiger partial charge is 0.325 e. The van der Waals surface area contributed by atoms with Gasteiger partial charge < -0.3 is 9.88 Å². The average Bonchev–Trinajstić information content (AvgIpc) is 3.03. The second-order valence-electron chi connectivity index (χ2n) is 5.18. The summed E-state index contributed by atoms with van der Waals surface area (Å²) in [6.45, 7) is 1.96. The molecule has 1 N–H and O–H groups in total. The first-order valence-electron chi connectivity index (χ1n) is 6.80. The van der Waals surface area contributed by atoms with E-state index in [0.29, 0.717) is 6.04 Å². The summed E-state index contributed by atoms with van der Waals surface area (Å²) >= 11 is 0. The smallest absolute Gasteiger partial charge is 0.207 e. The van der Waals surface area contributed by atoms with Crippen LogP contribution in [0.4, 0.5) is 16.0 Å². The van der Waals surface area contributed by atoms with Gasteiger partial charge in [-0.15, -0.1) is 0 Å². The highest BCUT2D eigenvalue weighted by Crippen LogP contribution is 2.32. The summed E-state index contributed by atoms with van der Waals surface area (Å²) in [4.78, 5) is 4.36. The molecule has 3 nitrogen and oxygen atoms in total. The van der Waals surface area contributed by atoms with Crippen LogP contribution in [0.3, 0.4) is 0 Å². The van der Waals surface area contributed by atoms with Crippen molar-refractivity contribution in [2.24, 2.45) is 0 Å². The van der Waals surface area contributed by atoms with E-state index in [1.807, 2.05) is 13.1 Å². The summed E-state index contributed by atoms with van der Waals surface area (Å²) in [5, 5.41) is 3.25. The van der Waals surface area contributed by atoms with Gasteiger partial charge in [0.2, 0.25) is 5.95 Å². The fourth-order valence-electron chi connectivity index (χ4n) is 2.74. The van der Waals surface area contributed by atoms with Crippen LogP contribution in [0.25, 0.3) is 0 Å². The number of hydrogen-bond acceptors (Lipinski definition) is 2. The number of rotatable bonds is 3. The number of imidazole rings is 1. The van der Waals surface area contributed by atoms with Gasteiger partial charge in [-0.2, -0.15) is 0 Å². The Hall–Kier alpha value is -1.84. The molecule has 1 aromatic carbocycles. The van der Waals surface area contributed by atoms with Crippen LogP contribution >= 0.6 is 0 Å². The summed E-state index contributed by atoms with van der Waals surface area (Å²) in [7, 11) is 0. The van der Waals surface area contributed by atoms with Crippen LogP contribution in [-0.4, -0.2) is 9.55 Å². The third kappa shape index (κ3) is 2.48. The molecule has 0 amide bonds. The Morgan fingerprint density at radius 3 is 2.89 bits per heavy atom. The number of hydrogen-bond donors (Lipinski definition) is 1. The lowest BCUT2D eigenvalue weighted by Crippen LogP contribution is -2.08. The molecular weight excluding hydrogens is 241 g/mol. The molecule has 100 valence electrons. The first kappa shape index (κ1) is 12.2. The summed E-state index contributed by atoms with van der Waals surface area (Å²) in [6, 6.07) is 5.30. The SMILES string of the molecule is Cc1ccc(F)cc1Nc1nccn1C1CCCC1. The van der Waals surface area contributed by atoms with E-state index in [0.717, 1.165) is 17.2 Å². The van der Waals surface area contributed by atoms with Gasteiger partial charge in [0.05, 0.1) is 0 Å². The van der Waals surface area contributed by atoms with Crippen LogP contribution in [0.5, 0.6) is 0 Å². The molecule has 0 saturated heterocycles. The molecule has 1 aliphatic carbocycles. The van der Waals surface area contributed by atoms with Crippen molar-refractivity contribution in [3.05, 3.63) is 42.0 Å². The van der Waals surface area contributed by atoms with Crippen LogP contribution in [0.2, 0.25) is 0 Å². The topological polar surface area (TPSA) is 29.9 Å². The second-order valence-corrected chi connectivity index (χ2v) is 5.18. The lowest BCUT2D eigenvalue weighted by atomic mass is 10.2. The Morgan fingerprint density at radius 2 is 2.11 bits per heavy atom. The zero-order valence-electron chi connectivity index (χ0n) is 11.1. The Bertz CT molecular complexity index is 571. The van der Waals surface area contributed by atoms with Crippen LogP contribution in [-0.2, 0) is 0 Å². The molecule has 0 bridgehead atoms. The number of nitrogens with one attached hydrogen (secondary N) is 1. The molecular formula is C15H18FN3. The van der Waals surface area contributed by atoms with Crippen molar-refractivity contribution >= 4 is 11.6 Å². The van der Waals surface area contributed by atoms with Crippen molar-refractivity contribution in [2.45, 2.75) is 38.6 Å². The number of aromatic nitrogens is 2. The predicted octanol–water partition coefficient (Wildman–Crippen LogP) is 4.19. The van der Waals surface area contributed by atoms with E-state index < -0.39 is 0 Å². The molecule has 1 aromatic heterocycles. The van der Waals surface area contributed by atoms with Crippen molar-refractivity contribution in [1.82, 2.24) is 9.55 Å². The number of aryl methyl sites for hydroxylation is 1. The molecule has 19 heavy (non-hydrogen) atoms. The monoisotopic (exact) mass is 259 g/mol. The van der Waals surface area contributed by atoms with Gasteiger partial charge in [-0.1, -0.05) is 18.9 Å².